The van der Waals surface area contributed by atoms with Gasteiger partial charge in [0.2, 0.25) is 0 Å². The van der Waals surface area contributed by atoms with Gasteiger partial charge in [-0.25, -0.2) is 4.79 Å². The minimum Gasteiger partial charge on any atom is -0.497 e. The van der Waals surface area contributed by atoms with Crippen molar-refractivity contribution in [2.75, 3.05) is 20.8 Å². The predicted octanol–water partition coefficient (Wildman–Crippen LogP) is 4.28. The Morgan fingerprint density at radius 2 is 1.51 bits per heavy atom. The van der Waals surface area contributed by atoms with E-state index in [9.17, 15) is 19.8 Å². The van der Waals surface area contributed by atoms with Crippen LogP contribution in [-0.2, 0) is 15.9 Å². The van der Waals surface area contributed by atoms with Gasteiger partial charge in [0.15, 0.2) is 5.72 Å². The van der Waals surface area contributed by atoms with E-state index in [-0.39, 0.29) is 12.0 Å². The molecule has 0 unspecified atom stereocenters. The summed E-state index contributed by atoms with van der Waals surface area (Å²) in [6, 6.07) is 24.4. The molecule has 1 aliphatic rings. The predicted molar refractivity (Wildman–Crippen MR) is 184 cm³/mol. The summed E-state index contributed by atoms with van der Waals surface area (Å²) in [6.45, 7) is 5.85. The normalized spacial score (nSPS) is 19.7. The van der Waals surface area contributed by atoms with E-state index in [1.54, 1.807) is 26.4 Å². The SMILES string of the molecule is COc1ccc(C(c2ccccc2)(c2ccc(OC)cc2)[C@]2(n3cc(/C=C/C#C[Si](C)(C)C)c(=O)[nH]c3=O)C[C@H](O)[C@@H](CO)O2)cc1. The van der Waals surface area contributed by atoms with Gasteiger partial charge in [-0.2, -0.15) is 0 Å². The quantitative estimate of drug-likeness (QED) is 0.140. The van der Waals surface area contributed by atoms with Gasteiger partial charge < -0.3 is 24.4 Å². The number of aromatic nitrogens is 2. The van der Waals surface area contributed by atoms with Gasteiger partial charge in [0.1, 0.15) is 25.7 Å². The van der Waals surface area contributed by atoms with Crippen LogP contribution in [0.15, 0.2) is 101 Å². The van der Waals surface area contributed by atoms with Crippen LogP contribution in [-0.4, -0.2) is 60.9 Å². The molecule has 3 aromatic carbocycles. The summed E-state index contributed by atoms with van der Waals surface area (Å²) >= 11 is 0. The number of rotatable bonds is 9. The van der Waals surface area contributed by atoms with Crippen molar-refractivity contribution in [2.45, 2.75) is 49.4 Å². The second-order valence-electron chi connectivity index (χ2n) is 12.5. The van der Waals surface area contributed by atoms with Crippen molar-refractivity contribution in [3.05, 3.63) is 134 Å². The molecule has 3 N–H and O–H groups in total. The average molecular weight is 653 g/mol. The fraction of sp³-hybridized carbons (Fsp3) is 0.297. The maximum atomic E-state index is 14.1. The molecule has 1 fully saturated rings. The molecule has 47 heavy (non-hydrogen) atoms. The molecule has 5 rings (SSSR count). The first-order valence-electron chi connectivity index (χ1n) is 15.4. The molecule has 1 aromatic heterocycles. The van der Waals surface area contributed by atoms with Crippen LogP contribution in [0.4, 0.5) is 0 Å². The highest BCUT2D eigenvalue weighted by Crippen LogP contribution is 2.57. The Bertz CT molecular complexity index is 1850. The van der Waals surface area contributed by atoms with Crippen LogP contribution in [0.2, 0.25) is 19.6 Å². The number of H-pyrrole nitrogens is 1. The average Bonchev–Trinajstić information content (AvgIpc) is 3.41. The number of hydrogen-bond donors (Lipinski definition) is 3. The fourth-order valence-electron chi connectivity index (χ4n) is 6.34. The largest absolute Gasteiger partial charge is 0.497 e. The van der Waals surface area contributed by atoms with Crippen molar-refractivity contribution in [3.8, 4) is 23.0 Å². The minimum absolute atomic E-state index is 0.115. The molecule has 2 heterocycles. The number of hydrogen-bond acceptors (Lipinski definition) is 7. The van der Waals surface area contributed by atoms with Crippen LogP contribution < -0.4 is 20.7 Å². The molecular weight excluding hydrogens is 613 g/mol. The molecule has 4 aromatic rings. The smallest absolute Gasteiger partial charge is 0.330 e. The molecule has 1 saturated heterocycles. The van der Waals surface area contributed by atoms with E-state index in [0.717, 1.165) is 5.56 Å². The molecule has 0 aliphatic carbocycles. The van der Waals surface area contributed by atoms with Gasteiger partial charge in [-0.3, -0.25) is 14.3 Å². The molecule has 0 saturated carbocycles. The molecule has 0 amide bonds. The first kappa shape index (κ1) is 33.7. The lowest BCUT2D eigenvalue weighted by Crippen LogP contribution is -2.59. The number of aliphatic hydroxyl groups is 2. The van der Waals surface area contributed by atoms with Crippen molar-refractivity contribution < 1.29 is 24.4 Å². The number of nitrogens with zero attached hydrogens (tertiary/aromatic N) is 1. The van der Waals surface area contributed by atoms with Gasteiger partial charge in [-0.1, -0.05) is 80.2 Å². The molecule has 1 aliphatic heterocycles. The summed E-state index contributed by atoms with van der Waals surface area (Å²) in [5, 5.41) is 21.9. The van der Waals surface area contributed by atoms with Gasteiger partial charge >= 0.3 is 5.69 Å². The Labute approximate surface area is 275 Å². The Balaban J connectivity index is 1.93. The van der Waals surface area contributed by atoms with Crippen LogP contribution in [0.5, 0.6) is 11.5 Å². The molecule has 0 radical (unpaired) electrons. The van der Waals surface area contributed by atoms with Gasteiger partial charge in [-0.15, -0.1) is 5.54 Å². The summed E-state index contributed by atoms with van der Waals surface area (Å²) in [4.78, 5) is 29.7. The topological polar surface area (TPSA) is 123 Å². The van der Waals surface area contributed by atoms with E-state index in [1.165, 1.54) is 10.8 Å². The standard InChI is InChI=1S/C37H40N2O7Si/c1-44-30-18-14-28(15-19-30)37(27-12-7-6-8-13-27,29-16-20-31(45-2)21-17-29)36(23-32(41)33(25-40)46-36)39-24-26(34(42)38-35(39)43)11-9-10-22-47(3,4)5/h6-9,11-21,24,32-33,40-41H,23,25H2,1-5H3,(H,38,42,43)/b11-9+/t32-,33+,36-/m0/s1. The van der Waals surface area contributed by atoms with Crippen molar-refractivity contribution >= 4 is 14.1 Å². The van der Waals surface area contributed by atoms with E-state index in [2.05, 4.69) is 36.1 Å². The van der Waals surface area contributed by atoms with Gasteiger partial charge in [-0.05, 0) is 53.1 Å². The lowest BCUT2D eigenvalue weighted by atomic mass is 9.61. The Morgan fingerprint density at radius 3 is 2.00 bits per heavy atom. The summed E-state index contributed by atoms with van der Waals surface area (Å²) in [5.74, 6) is 4.27. The molecule has 0 spiro atoms. The number of aromatic amines is 1. The highest BCUT2D eigenvalue weighted by atomic mass is 28.3. The Morgan fingerprint density at radius 1 is 0.957 bits per heavy atom. The zero-order chi connectivity index (χ0) is 33.8. The van der Waals surface area contributed by atoms with Crippen molar-refractivity contribution in [2.24, 2.45) is 0 Å². The van der Waals surface area contributed by atoms with Crippen LogP contribution in [0, 0.1) is 11.5 Å². The second-order valence-corrected chi connectivity index (χ2v) is 17.3. The zero-order valence-electron chi connectivity index (χ0n) is 27.2. The van der Waals surface area contributed by atoms with Crippen molar-refractivity contribution in [1.82, 2.24) is 9.55 Å². The van der Waals surface area contributed by atoms with E-state index in [4.69, 9.17) is 14.2 Å². The number of benzene rings is 3. The number of nitrogens with one attached hydrogen (secondary N) is 1. The maximum absolute atomic E-state index is 14.1. The summed E-state index contributed by atoms with van der Waals surface area (Å²) in [5.41, 5.74) is 1.15. The lowest BCUT2D eigenvalue weighted by molar-refractivity contribution is -0.147. The third kappa shape index (κ3) is 6.35. The van der Waals surface area contributed by atoms with Gasteiger partial charge in [0.05, 0.1) is 37.9 Å². The molecule has 10 heteroatoms. The maximum Gasteiger partial charge on any atom is 0.330 e. The highest BCUT2D eigenvalue weighted by molar-refractivity contribution is 6.83. The van der Waals surface area contributed by atoms with Crippen LogP contribution >= 0.6 is 0 Å². The van der Waals surface area contributed by atoms with E-state index in [0.29, 0.717) is 22.6 Å². The van der Waals surface area contributed by atoms with E-state index < -0.39 is 49.3 Å². The molecular formula is C37H40N2O7Si. The Hall–Kier alpha value is -4.66. The monoisotopic (exact) mass is 652 g/mol. The molecule has 9 nitrogen and oxygen atoms in total. The summed E-state index contributed by atoms with van der Waals surface area (Å²) in [6.07, 6.45) is 2.29. The third-order valence-electron chi connectivity index (χ3n) is 8.43. The van der Waals surface area contributed by atoms with Gasteiger partial charge in [0.25, 0.3) is 5.56 Å². The number of allylic oxidation sites excluding steroid dienone is 1. The molecule has 0 bridgehead atoms. The van der Waals surface area contributed by atoms with E-state index in [1.807, 2.05) is 78.9 Å². The number of methoxy groups -OCH3 is 2. The summed E-state index contributed by atoms with van der Waals surface area (Å²) < 4.78 is 19.2. The van der Waals surface area contributed by atoms with E-state index >= 15 is 0 Å². The van der Waals surface area contributed by atoms with Crippen LogP contribution in [0.1, 0.15) is 28.7 Å². The second kappa shape index (κ2) is 13.6. The molecule has 244 valence electrons. The highest BCUT2D eigenvalue weighted by Gasteiger charge is 2.63. The number of ether oxygens (including phenoxy) is 3. The molecule has 3 atom stereocenters. The Kier molecular flexibility index (Phi) is 9.75. The lowest BCUT2D eigenvalue weighted by Gasteiger charge is -2.50. The first-order chi connectivity index (χ1) is 22.5. The fourth-order valence-corrected chi connectivity index (χ4v) is 6.85. The zero-order valence-corrected chi connectivity index (χ0v) is 28.2. The van der Waals surface area contributed by atoms with Crippen LogP contribution in [0.25, 0.3) is 6.08 Å². The minimum atomic E-state index is -1.72. The van der Waals surface area contributed by atoms with Crippen molar-refractivity contribution in [1.29, 1.82) is 0 Å². The number of aliphatic hydroxyl groups excluding tert-OH is 2. The first-order valence-corrected chi connectivity index (χ1v) is 18.9. The van der Waals surface area contributed by atoms with Crippen molar-refractivity contribution in [3.63, 3.8) is 0 Å². The summed E-state index contributed by atoms with van der Waals surface area (Å²) in [7, 11) is 1.48. The van der Waals surface area contributed by atoms with Crippen LogP contribution in [0.3, 0.4) is 0 Å². The van der Waals surface area contributed by atoms with Gasteiger partial charge in [0, 0.05) is 12.6 Å². The third-order valence-corrected chi connectivity index (χ3v) is 9.33.